The lowest BCUT2D eigenvalue weighted by molar-refractivity contribution is 0.504. The van der Waals surface area contributed by atoms with E-state index < -0.39 is 17.0 Å². The third-order valence-electron chi connectivity index (χ3n) is 6.27. The Balaban J connectivity index is 1.81. The second-order valence-corrected chi connectivity index (χ2v) is 9.70. The quantitative estimate of drug-likeness (QED) is 0.300. The van der Waals surface area contributed by atoms with Crippen LogP contribution in [-0.2, 0) is 0 Å². The zero-order valence-corrected chi connectivity index (χ0v) is 20.7. The van der Waals surface area contributed by atoms with E-state index in [2.05, 4.69) is 40.3 Å². The van der Waals surface area contributed by atoms with E-state index in [1.54, 1.807) is 12.3 Å². The molecule has 182 valence electrons. The van der Waals surface area contributed by atoms with Gasteiger partial charge in [0.15, 0.2) is 0 Å². The van der Waals surface area contributed by atoms with Crippen molar-refractivity contribution in [3.8, 4) is 0 Å². The highest BCUT2D eigenvalue weighted by Crippen LogP contribution is 2.48. The molecular formula is C28H28F3N3S. The van der Waals surface area contributed by atoms with Crippen LogP contribution in [-0.4, -0.2) is 6.21 Å². The van der Waals surface area contributed by atoms with Crippen LogP contribution in [0.3, 0.4) is 0 Å². The normalized spacial score (nSPS) is 21.3. The average molecular weight is 496 g/mol. The highest BCUT2D eigenvalue weighted by atomic mass is 32.2. The molecule has 1 aliphatic heterocycles. The van der Waals surface area contributed by atoms with Crippen LogP contribution in [0.15, 0.2) is 99.2 Å². The molecule has 1 fully saturated rings. The summed E-state index contributed by atoms with van der Waals surface area (Å²) in [5.74, 6) is -0.899. The van der Waals surface area contributed by atoms with E-state index in [4.69, 9.17) is 0 Å². The fourth-order valence-corrected chi connectivity index (χ4v) is 5.06. The summed E-state index contributed by atoms with van der Waals surface area (Å²) in [7, 11) is 0. The lowest BCUT2D eigenvalue weighted by Gasteiger charge is -2.33. The minimum atomic E-state index is -0.714. The molecule has 1 unspecified atom stereocenters. The number of fused-ring (bicyclic) bond motifs is 1. The van der Waals surface area contributed by atoms with E-state index in [0.717, 1.165) is 60.8 Å². The molecule has 1 aromatic carbocycles. The predicted molar refractivity (Wildman–Crippen MR) is 140 cm³/mol. The van der Waals surface area contributed by atoms with Gasteiger partial charge in [-0.15, -0.1) is 0 Å². The van der Waals surface area contributed by atoms with Gasteiger partial charge >= 0.3 is 0 Å². The van der Waals surface area contributed by atoms with Gasteiger partial charge in [0.1, 0.15) is 23.3 Å². The van der Waals surface area contributed by atoms with Crippen molar-refractivity contribution >= 4 is 23.7 Å². The summed E-state index contributed by atoms with van der Waals surface area (Å²) in [6.07, 6.45) is 12.1. The maximum Gasteiger partial charge on any atom is 0.134 e. The van der Waals surface area contributed by atoms with Crippen molar-refractivity contribution in [2.75, 3.05) is 0 Å². The standard InChI is InChI=1S/C28H28F3N3S/c1-5-14-32-35-25-16-28(4,13-12-22(25)31)18(3)26(17(2)20-15-19(29)10-11-21(20)30)27-33-23-8-6-7-9-24(23)34-27/h8-12,14-16,33-34H,2-3,5-7,13H2,1,4H3. The van der Waals surface area contributed by atoms with E-state index in [-0.39, 0.29) is 17.0 Å². The highest BCUT2D eigenvalue weighted by Gasteiger charge is 2.35. The Morgan fingerprint density at radius 2 is 1.80 bits per heavy atom. The molecule has 1 aromatic rings. The Hall–Kier alpha value is -3.19. The number of nitrogens with zero attached hydrogens (tertiary/aromatic N) is 1. The monoisotopic (exact) mass is 495 g/mol. The van der Waals surface area contributed by atoms with Gasteiger partial charge in [0.05, 0.1) is 16.3 Å². The summed E-state index contributed by atoms with van der Waals surface area (Å²) >= 11 is 1.07. The van der Waals surface area contributed by atoms with Crippen molar-refractivity contribution in [2.24, 2.45) is 9.81 Å². The number of hydrogen-bond donors (Lipinski definition) is 2. The summed E-state index contributed by atoms with van der Waals surface area (Å²) in [6, 6.07) is 3.29. The summed E-state index contributed by atoms with van der Waals surface area (Å²) in [6.45, 7) is 12.4. The van der Waals surface area contributed by atoms with Crippen LogP contribution in [0.4, 0.5) is 13.2 Å². The molecule has 0 saturated carbocycles. The first-order valence-electron chi connectivity index (χ1n) is 11.5. The second kappa shape index (κ2) is 10.2. The zero-order chi connectivity index (χ0) is 25.2. The summed E-state index contributed by atoms with van der Waals surface area (Å²) in [5, 5.41) is 6.72. The van der Waals surface area contributed by atoms with Crippen molar-refractivity contribution in [3.05, 3.63) is 112 Å². The minimum absolute atomic E-state index is 0.0438. The van der Waals surface area contributed by atoms with E-state index in [9.17, 15) is 13.2 Å². The molecule has 0 spiro atoms. The molecule has 0 bridgehead atoms. The first kappa shape index (κ1) is 24.9. The van der Waals surface area contributed by atoms with E-state index >= 15 is 0 Å². The molecule has 3 aliphatic rings. The number of hydrogen-bond acceptors (Lipinski definition) is 4. The Bertz CT molecular complexity index is 1240. The van der Waals surface area contributed by atoms with Gasteiger partial charge in [-0.3, -0.25) is 0 Å². The van der Waals surface area contributed by atoms with Crippen LogP contribution >= 0.6 is 11.9 Å². The van der Waals surface area contributed by atoms with Crippen LogP contribution in [0.2, 0.25) is 0 Å². The van der Waals surface area contributed by atoms with Crippen molar-refractivity contribution in [3.63, 3.8) is 0 Å². The summed E-state index contributed by atoms with van der Waals surface area (Å²) in [4.78, 5) is 0.392. The molecule has 2 N–H and O–H groups in total. The van der Waals surface area contributed by atoms with Gasteiger partial charge in [0.2, 0.25) is 0 Å². The smallest absolute Gasteiger partial charge is 0.134 e. The average Bonchev–Trinajstić information content (AvgIpc) is 3.26. The van der Waals surface area contributed by atoms with Gasteiger partial charge in [0, 0.05) is 34.7 Å². The summed E-state index contributed by atoms with van der Waals surface area (Å²) in [5.41, 5.74) is 2.58. The van der Waals surface area contributed by atoms with Crippen molar-refractivity contribution < 1.29 is 13.2 Å². The van der Waals surface area contributed by atoms with Crippen molar-refractivity contribution in [1.82, 2.24) is 10.6 Å². The number of allylic oxidation sites excluding steroid dienone is 8. The lowest BCUT2D eigenvalue weighted by atomic mass is 9.72. The van der Waals surface area contributed by atoms with Crippen molar-refractivity contribution in [2.45, 2.75) is 39.5 Å². The molecular weight excluding hydrogens is 467 g/mol. The van der Waals surface area contributed by atoms with E-state index in [1.807, 2.05) is 13.8 Å². The fourth-order valence-electron chi connectivity index (χ4n) is 4.24. The summed E-state index contributed by atoms with van der Waals surface area (Å²) < 4.78 is 47.7. The third-order valence-corrected chi connectivity index (χ3v) is 7.03. The zero-order valence-electron chi connectivity index (χ0n) is 19.9. The van der Waals surface area contributed by atoms with E-state index in [0.29, 0.717) is 28.3 Å². The molecule has 1 atom stereocenters. The molecule has 3 nitrogen and oxygen atoms in total. The SMILES string of the molecule is C=C(C(C(=C)C1(C)C=C(SN=CCC)C(F)=CC1)=C1NC2=CCCC=C2N1)c1cc(F)ccc1F. The van der Waals surface area contributed by atoms with Crippen molar-refractivity contribution in [1.29, 1.82) is 0 Å². The number of rotatable bonds is 7. The minimum Gasteiger partial charge on any atom is -0.340 e. The maximum absolute atomic E-state index is 14.8. The van der Waals surface area contributed by atoms with Gasteiger partial charge in [-0.25, -0.2) is 17.6 Å². The molecule has 35 heavy (non-hydrogen) atoms. The van der Waals surface area contributed by atoms with Crippen LogP contribution in [0.25, 0.3) is 5.57 Å². The molecule has 2 aliphatic carbocycles. The van der Waals surface area contributed by atoms with Crippen LogP contribution in [0.1, 0.15) is 45.1 Å². The number of nitrogens with one attached hydrogen (secondary N) is 2. The highest BCUT2D eigenvalue weighted by molar-refractivity contribution is 8.02. The van der Waals surface area contributed by atoms with Crippen LogP contribution in [0, 0.1) is 17.0 Å². The van der Waals surface area contributed by atoms with Gasteiger partial charge in [0.25, 0.3) is 0 Å². The largest absolute Gasteiger partial charge is 0.340 e. The Morgan fingerprint density at radius 3 is 2.46 bits per heavy atom. The van der Waals surface area contributed by atoms with Gasteiger partial charge in [-0.1, -0.05) is 45.2 Å². The van der Waals surface area contributed by atoms with Gasteiger partial charge in [-0.2, -0.15) is 0 Å². The number of benzene rings is 1. The topological polar surface area (TPSA) is 36.4 Å². The molecule has 0 aromatic heterocycles. The molecule has 0 radical (unpaired) electrons. The molecule has 4 rings (SSSR count). The Labute approximate surface area is 208 Å². The number of halogens is 3. The molecule has 7 heteroatoms. The Morgan fingerprint density at radius 1 is 1.11 bits per heavy atom. The first-order valence-corrected chi connectivity index (χ1v) is 12.3. The lowest BCUT2D eigenvalue weighted by Crippen LogP contribution is -2.24. The predicted octanol–water partition coefficient (Wildman–Crippen LogP) is 7.78. The molecule has 1 saturated heterocycles. The molecule has 0 amide bonds. The molecule has 1 heterocycles. The Kier molecular flexibility index (Phi) is 7.26. The van der Waals surface area contributed by atoms with E-state index in [1.165, 1.54) is 6.08 Å². The van der Waals surface area contributed by atoms with Gasteiger partial charge < -0.3 is 10.6 Å². The van der Waals surface area contributed by atoms with Gasteiger partial charge in [-0.05, 0) is 61.1 Å². The van der Waals surface area contributed by atoms with Crippen LogP contribution in [0.5, 0.6) is 0 Å². The first-order chi connectivity index (χ1) is 16.7. The second-order valence-electron chi connectivity index (χ2n) is 8.86. The fraction of sp³-hybridized carbons (Fsp3) is 0.250. The van der Waals surface area contributed by atoms with Crippen LogP contribution < -0.4 is 10.6 Å². The third kappa shape index (κ3) is 5.10. The maximum atomic E-state index is 14.8.